The summed E-state index contributed by atoms with van der Waals surface area (Å²) in [6.07, 6.45) is 2.35. The summed E-state index contributed by atoms with van der Waals surface area (Å²) in [5, 5.41) is 5.68. The van der Waals surface area contributed by atoms with E-state index in [1.807, 2.05) is 18.2 Å². The number of rotatable bonds is 7. The number of carbonyl (C=O) groups excluding carboxylic acids is 1. The van der Waals surface area contributed by atoms with Crippen LogP contribution in [0.5, 0.6) is 0 Å². The number of nitrogens with zero attached hydrogens (tertiary/aromatic N) is 1. The van der Waals surface area contributed by atoms with E-state index in [2.05, 4.69) is 27.7 Å². The van der Waals surface area contributed by atoms with Crippen molar-refractivity contribution in [1.29, 1.82) is 0 Å². The largest absolute Gasteiger partial charge is 0.336 e. The third kappa shape index (κ3) is 5.11. The zero-order chi connectivity index (χ0) is 20.0. The summed E-state index contributed by atoms with van der Waals surface area (Å²) in [5.41, 5.74) is 1.64. The van der Waals surface area contributed by atoms with Gasteiger partial charge in [0, 0.05) is 12.2 Å². The quantitative estimate of drug-likeness (QED) is 0.745. The molecule has 0 saturated carbocycles. The van der Waals surface area contributed by atoms with Crippen LogP contribution in [-0.2, 0) is 9.84 Å². The summed E-state index contributed by atoms with van der Waals surface area (Å²) in [7, 11) is -3.31. The number of sulfone groups is 1. The normalized spacial score (nSPS) is 15.9. The molecule has 6 nitrogen and oxygen atoms in total. The van der Waals surface area contributed by atoms with Crippen LogP contribution in [0.3, 0.4) is 0 Å². The van der Waals surface area contributed by atoms with E-state index >= 15 is 0 Å². The molecule has 1 atom stereocenters. The molecule has 2 N–H and O–H groups in total. The van der Waals surface area contributed by atoms with Gasteiger partial charge in [-0.2, -0.15) is 0 Å². The predicted molar refractivity (Wildman–Crippen MR) is 111 cm³/mol. The van der Waals surface area contributed by atoms with E-state index in [0.717, 1.165) is 13.1 Å². The van der Waals surface area contributed by atoms with Gasteiger partial charge in [-0.3, -0.25) is 4.90 Å². The molecule has 1 unspecified atom stereocenters. The van der Waals surface area contributed by atoms with Crippen molar-refractivity contribution in [2.24, 2.45) is 0 Å². The molecule has 3 rings (SSSR count). The molecule has 0 aliphatic carbocycles. The highest BCUT2D eigenvalue weighted by Gasteiger charge is 2.23. The number of urea groups is 1. The van der Waals surface area contributed by atoms with E-state index in [-0.39, 0.29) is 22.7 Å². The van der Waals surface area contributed by atoms with E-state index < -0.39 is 9.84 Å². The highest BCUT2D eigenvalue weighted by atomic mass is 32.2. The summed E-state index contributed by atoms with van der Waals surface area (Å²) in [4.78, 5) is 15.0. The van der Waals surface area contributed by atoms with Crippen LogP contribution in [0.25, 0.3) is 0 Å². The molecule has 2 aromatic carbocycles. The molecule has 150 valence electrons. The SMILES string of the molecule is CCS(=O)(=O)c1cccc(NC(=O)NCC(c2ccccc2)N2CCCC2)c1. The second-order valence-electron chi connectivity index (χ2n) is 6.94. The Morgan fingerprint density at radius 3 is 2.46 bits per heavy atom. The van der Waals surface area contributed by atoms with Crippen LogP contribution >= 0.6 is 0 Å². The van der Waals surface area contributed by atoms with Gasteiger partial charge in [0.2, 0.25) is 0 Å². The zero-order valence-electron chi connectivity index (χ0n) is 16.1. The summed E-state index contributed by atoms with van der Waals surface area (Å²) in [6, 6.07) is 16.3. The fourth-order valence-corrected chi connectivity index (χ4v) is 4.41. The lowest BCUT2D eigenvalue weighted by Gasteiger charge is -2.28. The monoisotopic (exact) mass is 401 g/mol. The summed E-state index contributed by atoms with van der Waals surface area (Å²) in [5.74, 6) is 0.0250. The van der Waals surface area contributed by atoms with E-state index in [9.17, 15) is 13.2 Å². The Bertz CT molecular complexity index is 894. The number of anilines is 1. The number of hydrogen-bond donors (Lipinski definition) is 2. The molecule has 1 aliphatic heterocycles. The number of benzene rings is 2. The molecule has 28 heavy (non-hydrogen) atoms. The van der Waals surface area contributed by atoms with Gasteiger partial charge in [-0.15, -0.1) is 0 Å². The lowest BCUT2D eigenvalue weighted by molar-refractivity contribution is 0.227. The minimum Gasteiger partial charge on any atom is -0.336 e. The molecular weight excluding hydrogens is 374 g/mol. The Morgan fingerprint density at radius 2 is 1.79 bits per heavy atom. The number of carbonyl (C=O) groups is 1. The summed E-state index contributed by atoms with van der Waals surface area (Å²) in [6.45, 7) is 4.15. The maximum atomic E-state index is 12.4. The maximum absolute atomic E-state index is 12.4. The van der Waals surface area contributed by atoms with Gasteiger partial charge in [-0.05, 0) is 49.7 Å². The molecule has 0 spiro atoms. The van der Waals surface area contributed by atoms with Gasteiger partial charge in [0.25, 0.3) is 0 Å². The third-order valence-electron chi connectivity index (χ3n) is 5.05. The van der Waals surface area contributed by atoms with Crippen molar-refractivity contribution in [3.63, 3.8) is 0 Å². The van der Waals surface area contributed by atoms with E-state index in [1.54, 1.807) is 25.1 Å². The average molecular weight is 402 g/mol. The van der Waals surface area contributed by atoms with Gasteiger partial charge in [-0.1, -0.05) is 43.3 Å². The van der Waals surface area contributed by atoms with Crippen molar-refractivity contribution in [3.05, 3.63) is 60.2 Å². The molecular formula is C21H27N3O3S. The van der Waals surface area contributed by atoms with Crippen molar-refractivity contribution in [3.8, 4) is 0 Å². The second kappa shape index (κ2) is 9.21. The second-order valence-corrected chi connectivity index (χ2v) is 9.21. The molecule has 2 aromatic rings. The minimum absolute atomic E-state index is 0.0250. The van der Waals surface area contributed by atoms with E-state index in [1.165, 1.54) is 24.5 Å². The fourth-order valence-electron chi connectivity index (χ4n) is 3.48. The Kier molecular flexibility index (Phi) is 6.70. The zero-order valence-corrected chi connectivity index (χ0v) is 16.9. The van der Waals surface area contributed by atoms with E-state index in [0.29, 0.717) is 12.2 Å². The van der Waals surface area contributed by atoms with Crippen LogP contribution in [0.1, 0.15) is 31.4 Å². The van der Waals surface area contributed by atoms with Gasteiger partial charge in [-0.25, -0.2) is 13.2 Å². The van der Waals surface area contributed by atoms with E-state index in [4.69, 9.17) is 0 Å². The van der Waals surface area contributed by atoms with Crippen LogP contribution in [0.15, 0.2) is 59.5 Å². The maximum Gasteiger partial charge on any atom is 0.319 e. The van der Waals surface area contributed by atoms with Crippen molar-refractivity contribution in [2.45, 2.75) is 30.7 Å². The van der Waals surface area contributed by atoms with Crippen molar-refractivity contribution in [1.82, 2.24) is 10.2 Å². The standard InChI is InChI=1S/C21H27N3O3S/c1-2-28(26,27)19-12-8-11-18(15-19)23-21(25)22-16-20(24-13-6-7-14-24)17-9-4-3-5-10-17/h3-5,8-12,15,20H,2,6-7,13-14,16H2,1H3,(H2,22,23,25). The van der Waals surface area contributed by atoms with Gasteiger partial charge < -0.3 is 10.6 Å². The number of hydrogen-bond acceptors (Lipinski definition) is 4. The molecule has 1 saturated heterocycles. The first-order valence-electron chi connectivity index (χ1n) is 9.66. The Morgan fingerprint density at radius 1 is 1.07 bits per heavy atom. The molecule has 0 radical (unpaired) electrons. The van der Waals surface area contributed by atoms with Crippen molar-refractivity contribution >= 4 is 21.6 Å². The highest BCUT2D eigenvalue weighted by Crippen LogP contribution is 2.24. The topological polar surface area (TPSA) is 78.5 Å². The lowest BCUT2D eigenvalue weighted by atomic mass is 10.1. The molecule has 1 fully saturated rings. The highest BCUT2D eigenvalue weighted by molar-refractivity contribution is 7.91. The first-order chi connectivity index (χ1) is 13.5. The van der Waals surface area contributed by atoms with Gasteiger partial charge in [0.15, 0.2) is 9.84 Å². The van der Waals surface area contributed by atoms with Crippen LogP contribution in [-0.4, -0.2) is 44.7 Å². The van der Waals surface area contributed by atoms with Crippen LogP contribution in [0.2, 0.25) is 0 Å². The molecule has 0 aromatic heterocycles. The summed E-state index contributed by atoms with van der Waals surface area (Å²) < 4.78 is 24.0. The Balaban J connectivity index is 1.64. The van der Waals surface area contributed by atoms with Gasteiger partial charge >= 0.3 is 6.03 Å². The molecule has 1 aliphatic rings. The van der Waals surface area contributed by atoms with Crippen LogP contribution < -0.4 is 10.6 Å². The van der Waals surface area contributed by atoms with Crippen LogP contribution in [0, 0.1) is 0 Å². The minimum atomic E-state index is -3.31. The third-order valence-corrected chi connectivity index (χ3v) is 6.79. The number of amides is 2. The Labute approximate surface area is 166 Å². The fraction of sp³-hybridized carbons (Fsp3) is 0.381. The average Bonchev–Trinajstić information content (AvgIpc) is 3.24. The number of likely N-dealkylation sites (tertiary alicyclic amines) is 1. The smallest absolute Gasteiger partial charge is 0.319 e. The predicted octanol–water partition coefficient (Wildman–Crippen LogP) is 3.44. The number of nitrogens with one attached hydrogen (secondary N) is 2. The van der Waals surface area contributed by atoms with Crippen molar-refractivity contribution in [2.75, 3.05) is 30.7 Å². The van der Waals surface area contributed by atoms with Gasteiger partial charge in [0.05, 0.1) is 16.7 Å². The van der Waals surface area contributed by atoms with Crippen molar-refractivity contribution < 1.29 is 13.2 Å². The molecule has 2 amide bonds. The first kappa shape index (κ1) is 20.4. The van der Waals surface area contributed by atoms with Crippen LogP contribution in [0.4, 0.5) is 10.5 Å². The first-order valence-corrected chi connectivity index (χ1v) is 11.3. The lowest BCUT2D eigenvalue weighted by Crippen LogP contribution is -2.38. The summed E-state index contributed by atoms with van der Waals surface area (Å²) >= 11 is 0. The molecule has 1 heterocycles. The van der Waals surface area contributed by atoms with Gasteiger partial charge in [0.1, 0.15) is 0 Å². The molecule has 0 bridgehead atoms. The molecule has 7 heteroatoms. The Hall–Kier alpha value is -2.38.